The molecule has 0 aromatic heterocycles. The summed E-state index contributed by atoms with van der Waals surface area (Å²) in [6, 6.07) is 11.8. The van der Waals surface area contributed by atoms with Gasteiger partial charge in [0.05, 0.1) is 25.1 Å². The van der Waals surface area contributed by atoms with Gasteiger partial charge in [0.2, 0.25) is 5.91 Å². The topological polar surface area (TPSA) is 54.3 Å². The number of carbonyl (C=O) groups is 1. The Morgan fingerprint density at radius 3 is 2.73 bits per heavy atom. The molecule has 1 aliphatic heterocycles. The van der Waals surface area contributed by atoms with Gasteiger partial charge in [-0.25, -0.2) is 4.39 Å². The number of carbonyl (C=O) groups excluding carboxylic acids is 1. The van der Waals surface area contributed by atoms with Crippen LogP contribution < -0.4 is 4.74 Å². The van der Waals surface area contributed by atoms with Crippen LogP contribution in [0.4, 0.5) is 4.39 Å². The zero-order valence-electron chi connectivity index (χ0n) is 16.8. The molecule has 0 bridgehead atoms. The van der Waals surface area contributed by atoms with Crippen LogP contribution in [0.3, 0.4) is 0 Å². The second-order valence-corrected chi connectivity index (χ2v) is 8.90. The zero-order chi connectivity index (χ0) is 21.5. The smallest absolute Gasteiger partial charge is 0.242 e. The standard InChI is InChI=1S/C22H23BrFN3O2S/c1-3-4-5-20-21(28)27(14-15-6-9-18(24)10-7-15)22(30-20)26-25-13-16-12-17(23)8-11-19(16)29-2/h6-13,20H,3-5,14H2,1-2H3/b25-13-,26-22-/t20-/m0/s1. The SMILES string of the molecule is CCCC[C@@H]1S/C(=N\N=C/c2cc(Br)ccc2OC)N(Cc2ccc(F)cc2)C1=O. The molecule has 0 saturated carbocycles. The van der Waals surface area contributed by atoms with Gasteiger partial charge in [-0.1, -0.05) is 59.6 Å². The molecule has 8 heteroatoms. The number of amidine groups is 1. The fourth-order valence-corrected chi connectivity index (χ4v) is 4.55. The fraction of sp³-hybridized carbons (Fsp3) is 0.318. The van der Waals surface area contributed by atoms with E-state index in [0.717, 1.165) is 34.9 Å². The van der Waals surface area contributed by atoms with E-state index in [9.17, 15) is 9.18 Å². The summed E-state index contributed by atoms with van der Waals surface area (Å²) in [5.74, 6) is 0.399. The average molecular weight is 492 g/mol. The molecule has 1 amide bonds. The molecule has 0 spiro atoms. The van der Waals surface area contributed by atoms with Crippen LogP contribution in [0.25, 0.3) is 0 Å². The molecule has 1 aliphatic rings. The lowest BCUT2D eigenvalue weighted by Gasteiger charge is -2.16. The van der Waals surface area contributed by atoms with Crippen molar-refractivity contribution in [2.45, 2.75) is 38.0 Å². The van der Waals surface area contributed by atoms with Crippen LogP contribution >= 0.6 is 27.7 Å². The number of hydrogen-bond acceptors (Lipinski definition) is 5. The van der Waals surface area contributed by atoms with E-state index in [-0.39, 0.29) is 17.0 Å². The molecule has 0 N–H and O–H groups in total. The van der Waals surface area contributed by atoms with Crippen LogP contribution in [0, 0.1) is 5.82 Å². The van der Waals surface area contributed by atoms with Gasteiger partial charge in [0.1, 0.15) is 11.6 Å². The lowest BCUT2D eigenvalue weighted by Crippen LogP contribution is -2.31. The first-order valence-corrected chi connectivity index (χ1v) is 11.4. The van der Waals surface area contributed by atoms with Crippen LogP contribution in [0.15, 0.2) is 57.1 Å². The maximum atomic E-state index is 13.2. The Balaban J connectivity index is 1.83. The average Bonchev–Trinajstić information content (AvgIpc) is 3.03. The monoisotopic (exact) mass is 491 g/mol. The molecular formula is C22H23BrFN3O2S. The minimum absolute atomic E-state index is 0.0201. The van der Waals surface area contributed by atoms with Gasteiger partial charge in [0, 0.05) is 10.0 Å². The minimum atomic E-state index is -0.303. The quantitative estimate of drug-likeness (QED) is 0.355. The van der Waals surface area contributed by atoms with Crippen LogP contribution in [-0.4, -0.2) is 34.5 Å². The third-order valence-electron chi connectivity index (χ3n) is 4.63. The van der Waals surface area contributed by atoms with E-state index in [2.05, 4.69) is 33.1 Å². The van der Waals surface area contributed by atoms with E-state index in [1.807, 2.05) is 18.2 Å². The molecule has 1 fully saturated rings. The van der Waals surface area contributed by atoms with Crippen molar-refractivity contribution in [3.8, 4) is 5.75 Å². The molecule has 5 nitrogen and oxygen atoms in total. The summed E-state index contributed by atoms with van der Waals surface area (Å²) in [7, 11) is 1.60. The molecule has 0 aliphatic carbocycles. The number of methoxy groups -OCH3 is 1. The zero-order valence-corrected chi connectivity index (χ0v) is 19.2. The number of unbranched alkanes of at least 4 members (excludes halogenated alkanes) is 1. The predicted octanol–water partition coefficient (Wildman–Crippen LogP) is 5.62. The van der Waals surface area contributed by atoms with Gasteiger partial charge in [-0.2, -0.15) is 5.10 Å². The summed E-state index contributed by atoms with van der Waals surface area (Å²) >= 11 is 4.87. The summed E-state index contributed by atoms with van der Waals surface area (Å²) in [6.07, 6.45) is 4.40. The number of halogens is 2. The van der Waals surface area contributed by atoms with Gasteiger partial charge in [-0.05, 0) is 42.3 Å². The number of thioether (sulfide) groups is 1. The molecule has 1 saturated heterocycles. The predicted molar refractivity (Wildman–Crippen MR) is 124 cm³/mol. The number of rotatable bonds is 8. The number of ether oxygens (including phenoxy) is 1. The molecule has 1 heterocycles. The Labute approximate surface area is 188 Å². The van der Waals surface area contributed by atoms with Crippen molar-refractivity contribution in [3.05, 3.63) is 63.9 Å². The van der Waals surface area contributed by atoms with Crippen LogP contribution in [0.2, 0.25) is 0 Å². The van der Waals surface area contributed by atoms with Crippen LogP contribution in [0.5, 0.6) is 5.75 Å². The van der Waals surface area contributed by atoms with Gasteiger partial charge < -0.3 is 4.74 Å². The third kappa shape index (κ3) is 5.70. The Kier molecular flexibility index (Phi) is 8.04. The highest BCUT2D eigenvalue weighted by atomic mass is 79.9. The Morgan fingerprint density at radius 1 is 1.27 bits per heavy atom. The van der Waals surface area contributed by atoms with Crippen molar-refractivity contribution in [1.82, 2.24) is 4.90 Å². The minimum Gasteiger partial charge on any atom is -0.496 e. The summed E-state index contributed by atoms with van der Waals surface area (Å²) in [5.41, 5.74) is 1.62. The van der Waals surface area contributed by atoms with Gasteiger partial charge in [-0.3, -0.25) is 9.69 Å². The first-order chi connectivity index (χ1) is 14.5. The van der Waals surface area contributed by atoms with Crippen molar-refractivity contribution >= 4 is 45.0 Å². The van der Waals surface area contributed by atoms with E-state index >= 15 is 0 Å². The van der Waals surface area contributed by atoms with Crippen molar-refractivity contribution in [2.75, 3.05) is 7.11 Å². The molecule has 2 aromatic carbocycles. The molecular weight excluding hydrogens is 469 g/mol. The third-order valence-corrected chi connectivity index (χ3v) is 6.35. The van der Waals surface area contributed by atoms with Gasteiger partial charge >= 0.3 is 0 Å². The van der Waals surface area contributed by atoms with Gasteiger partial charge in [0.25, 0.3) is 0 Å². The van der Waals surface area contributed by atoms with E-state index < -0.39 is 0 Å². The van der Waals surface area contributed by atoms with Gasteiger partial charge in [-0.15, -0.1) is 5.10 Å². The lowest BCUT2D eigenvalue weighted by atomic mass is 10.1. The summed E-state index contributed by atoms with van der Waals surface area (Å²) in [5, 5.41) is 8.94. The molecule has 30 heavy (non-hydrogen) atoms. The first kappa shape index (κ1) is 22.5. The highest BCUT2D eigenvalue weighted by Gasteiger charge is 2.37. The van der Waals surface area contributed by atoms with E-state index in [1.165, 1.54) is 23.9 Å². The Bertz CT molecular complexity index is 950. The van der Waals surface area contributed by atoms with Crippen molar-refractivity contribution < 1.29 is 13.9 Å². The van der Waals surface area contributed by atoms with E-state index in [0.29, 0.717) is 17.5 Å². The van der Waals surface area contributed by atoms with Crippen molar-refractivity contribution in [2.24, 2.45) is 10.2 Å². The maximum absolute atomic E-state index is 13.2. The second kappa shape index (κ2) is 10.7. The molecule has 3 rings (SSSR count). The molecule has 2 aromatic rings. The van der Waals surface area contributed by atoms with Crippen LogP contribution in [-0.2, 0) is 11.3 Å². The Hall–Kier alpha value is -2.19. The summed E-state index contributed by atoms with van der Waals surface area (Å²) in [6.45, 7) is 2.44. The lowest BCUT2D eigenvalue weighted by molar-refractivity contribution is -0.126. The van der Waals surface area contributed by atoms with E-state index in [1.54, 1.807) is 30.4 Å². The normalized spacial score (nSPS) is 18.0. The second-order valence-electron chi connectivity index (χ2n) is 6.81. The molecule has 1 atom stereocenters. The first-order valence-electron chi connectivity index (χ1n) is 9.69. The Morgan fingerprint density at radius 2 is 2.03 bits per heavy atom. The summed E-state index contributed by atoms with van der Waals surface area (Å²) < 4.78 is 19.5. The van der Waals surface area contributed by atoms with Crippen molar-refractivity contribution in [1.29, 1.82) is 0 Å². The largest absolute Gasteiger partial charge is 0.496 e. The maximum Gasteiger partial charge on any atom is 0.242 e. The van der Waals surface area contributed by atoms with Crippen molar-refractivity contribution in [3.63, 3.8) is 0 Å². The number of hydrogen-bond donors (Lipinski definition) is 0. The molecule has 158 valence electrons. The molecule has 0 radical (unpaired) electrons. The highest BCUT2D eigenvalue weighted by Crippen LogP contribution is 2.32. The fourth-order valence-electron chi connectivity index (χ4n) is 3.02. The highest BCUT2D eigenvalue weighted by molar-refractivity contribution is 9.10. The summed E-state index contributed by atoms with van der Waals surface area (Å²) in [4.78, 5) is 14.6. The van der Waals surface area contributed by atoms with Crippen LogP contribution in [0.1, 0.15) is 37.3 Å². The van der Waals surface area contributed by atoms with Gasteiger partial charge in [0.15, 0.2) is 5.17 Å². The van der Waals surface area contributed by atoms with E-state index in [4.69, 9.17) is 4.74 Å². The number of amides is 1. The molecule has 0 unspecified atom stereocenters. The number of benzene rings is 2. The number of nitrogens with zero attached hydrogens (tertiary/aromatic N) is 3.